The van der Waals surface area contributed by atoms with Gasteiger partial charge in [0.1, 0.15) is 5.82 Å². The molecule has 0 fully saturated rings. The third-order valence-corrected chi connectivity index (χ3v) is 2.96. The molecule has 1 aromatic rings. The summed E-state index contributed by atoms with van der Waals surface area (Å²) in [4.78, 5) is 24.8. The van der Waals surface area contributed by atoms with E-state index in [1.165, 1.54) is 19.1 Å². The number of nitrogens with zero attached hydrogens (tertiary/aromatic N) is 1. The fourth-order valence-corrected chi connectivity index (χ4v) is 1.99. The van der Waals surface area contributed by atoms with Gasteiger partial charge in [0.2, 0.25) is 11.8 Å². The first-order valence-corrected chi connectivity index (χ1v) is 6.68. The first-order valence-electron chi connectivity index (χ1n) is 6.68. The number of carbonyl (C=O) groups is 2. The molecule has 0 atom stereocenters. The van der Waals surface area contributed by atoms with E-state index >= 15 is 0 Å². The Morgan fingerprint density at radius 2 is 2.05 bits per heavy atom. The summed E-state index contributed by atoms with van der Waals surface area (Å²) in [5.74, 6) is -0.542. The molecule has 0 aromatic heterocycles. The van der Waals surface area contributed by atoms with Crippen LogP contribution < -0.4 is 5.32 Å². The van der Waals surface area contributed by atoms with Crippen LogP contribution >= 0.6 is 0 Å². The lowest BCUT2D eigenvalue weighted by Gasteiger charge is -2.25. The van der Waals surface area contributed by atoms with E-state index in [1.807, 2.05) is 13.8 Å². The Morgan fingerprint density at radius 1 is 1.35 bits per heavy atom. The molecule has 0 spiro atoms. The number of nitrogens with one attached hydrogen (secondary N) is 1. The minimum Gasteiger partial charge on any atom is -0.354 e. The number of halogens is 1. The van der Waals surface area contributed by atoms with Crippen LogP contribution in [0.4, 0.5) is 4.39 Å². The Balaban J connectivity index is 2.38. The van der Waals surface area contributed by atoms with E-state index in [1.54, 1.807) is 17.0 Å². The number of benzene rings is 1. The number of rotatable bonds is 6. The lowest BCUT2D eigenvalue weighted by Crippen LogP contribution is -2.41. The highest BCUT2D eigenvalue weighted by atomic mass is 19.1. The van der Waals surface area contributed by atoms with Gasteiger partial charge in [0.25, 0.3) is 0 Å². The van der Waals surface area contributed by atoms with Gasteiger partial charge in [-0.3, -0.25) is 9.59 Å². The summed E-state index contributed by atoms with van der Waals surface area (Å²) in [5, 5.41) is 2.74. The van der Waals surface area contributed by atoms with Crippen LogP contribution in [-0.2, 0) is 16.0 Å². The Kier molecular flexibility index (Phi) is 6.15. The Labute approximate surface area is 119 Å². The smallest absolute Gasteiger partial charge is 0.224 e. The summed E-state index contributed by atoms with van der Waals surface area (Å²) < 4.78 is 13.0. The third kappa shape index (κ3) is 5.38. The van der Waals surface area contributed by atoms with Gasteiger partial charge in [0.15, 0.2) is 0 Å². The average molecular weight is 280 g/mol. The van der Waals surface area contributed by atoms with E-state index < -0.39 is 0 Å². The average Bonchev–Trinajstić information content (AvgIpc) is 2.33. The van der Waals surface area contributed by atoms with Crippen LogP contribution in [-0.4, -0.2) is 35.8 Å². The summed E-state index contributed by atoms with van der Waals surface area (Å²) >= 11 is 0. The maximum atomic E-state index is 13.0. The van der Waals surface area contributed by atoms with Crippen molar-refractivity contribution in [3.05, 3.63) is 35.6 Å². The largest absolute Gasteiger partial charge is 0.354 e. The van der Waals surface area contributed by atoms with Crippen LogP contribution in [0.5, 0.6) is 0 Å². The van der Waals surface area contributed by atoms with Crippen molar-refractivity contribution in [1.82, 2.24) is 10.2 Å². The van der Waals surface area contributed by atoms with Gasteiger partial charge in [-0.25, -0.2) is 4.39 Å². The predicted molar refractivity (Wildman–Crippen MR) is 75.6 cm³/mol. The fraction of sp³-hybridized carbons (Fsp3) is 0.467. The number of hydrogen-bond donors (Lipinski definition) is 1. The van der Waals surface area contributed by atoms with Crippen molar-refractivity contribution in [2.75, 3.05) is 13.1 Å². The SMILES string of the molecule is CC(=O)N(CCNC(=O)Cc1cccc(F)c1)C(C)C. The second kappa shape index (κ2) is 7.62. The molecule has 0 aliphatic rings. The van der Waals surface area contributed by atoms with Crippen LogP contribution in [0.3, 0.4) is 0 Å². The summed E-state index contributed by atoms with van der Waals surface area (Å²) in [5.41, 5.74) is 0.634. The molecule has 0 heterocycles. The second-order valence-electron chi connectivity index (χ2n) is 4.96. The molecule has 0 saturated heterocycles. The van der Waals surface area contributed by atoms with E-state index in [4.69, 9.17) is 0 Å². The van der Waals surface area contributed by atoms with Gasteiger partial charge < -0.3 is 10.2 Å². The normalized spacial score (nSPS) is 10.4. The minimum atomic E-state index is -0.349. The van der Waals surface area contributed by atoms with Crippen molar-refractivity contribution in [2.45, 2.75) is 33.2 Å². The van der Waals surface area contributed by atoms with Gasteiger partial charge >= 0.3 is 0 Å². The van der Waals surface area contributed by atoms with Crippen LogP contribution in [0.15, 0.2) is 24.3 Å². The molecule has 1 rings (SSSR count). The standard InChI is InChI=1S/C15H21FN2O2/c1-11(2)18(12(3)19)8-7-17-15(20)10-13-5-4-6-14(16)9-13/h4-6,9,11H,7-8,10H2,1-3H3,(H,17,20). The topological polar surface area (TPSA) is 49.4 Å². The molecule has 5 heteroatoms. The molecule has 0 saturated carbocycles. The fourth-order valence-electron chi connectivity index (χ4n) is 1.99. The zero-order valence-electron chi connectivity index (χ0n) is 12.1. The molecular formula is C15H21FN2O2. The van der Waals surface area contributed by atoms with Gasteiger partial charge in [-0.2, -0.15) is 0 Å². The number of carbonyl (C=O) groups excluding carboxylic acids is 2. The Morgan fingerprint density at radius 3 is 2.60 bits per heavy atom. The minimum absolute atomic E-state index is 0.0145. The third-order valence-electron chi connectivity index (χ3n) is 2.96. The van der Waals surface area contributed by atoms with Gasteiger partial charge in [-0.15, -0.1) is 0 Å². The number of amides is 2. The molecule has 2 amide bonds. The van der Waals surface area contributed by atoms with Gasteiger partial charge in [-0.1, -0.05) is 12.1 Å². The van der Waals surface area contributed by atoms with Crippen LogP contribution in [0.1, 0.15) is 26.3 Å². The van der Waals surface area contributed by atoms with E-state index in [0.717, 1.165) is 0 Å². The molecule has 4 nitrogen and oxygen atoms in total. The van der Waals surface area contributed by atoms with E-state index in [-0.39, 0.29) is 30.1 Å². The first-order chi connectivity index (χ1) is 9.40. The second-order valence-corrected chi connectivity index (χ2v) is 4.96. The molecule has 0 unspecified atom stereocenters. The summed E-state index contributed by atoms with van der Waals surface area (Å²) in [6.07, 6.45) is 0.138. The van der Waals surface area contributed by atoms with Gasteiger partial charge in [0, 0.05) is 26.1 Å². The zero-order chi connectivity index (χ0) is 15.1. The lowest BCUT2D eigenvalue weighted by molar-refractivity contribution is -0.131. The predicted octanol–water partition coefficient (Wildman–Crippen LogP) is 1.74. The van der Waals surface area contributed by atoms with Crippen molar-refractivity contribution in [3.63, 3.8) is 0 Å². The van der Waals surface area contributed by atoms with Crippen LogP contribution in [0.2, 0.25) is 0 Å². The first kappa shape index (κ1) is 16.1. The molecule has 0 radical (unpaired) electrons. The van der Waals surface area contributed by atoms with Gasteiger partial charge in [-0.05, 0) is 31.5 Å². The highest BCUT2D eigenvalue weighted by Crippen LogP contribution is 2.04. The van der Waals surface area contributed by atoms with Crippen molar-refractivity contribution in [3.8, 4) is 0 Å². The Bertz CT molecular complexity index is 475. The zero-order valence-corrected chi connectivity index (χ0v) is 12.1. The van der Waals surface area contributed by atoms with Crippen molar-refractivity contribution in [2.24, 2.45) is 0 Å². The van der Waals surface area contributed by atoms with Crippen molar-refractivity contribution >= 4 is 11.8 Å². The molecule has 110 valence electrons. The van der Waals surface area contributed by atoms with Crippen molar-refractivity contribution < 1.29 is 14.0 Å². The maximum absolute atomic E-state index is 13.0. The van der Waals surface area contributed by atoms with E-state index in [0.29, 0.717) is 18.7 Å². The molecule has 0 aliphatic carbocycles. The monoisotopic (exact) mass is 280 g/mol. The molecule has 20 heavy (non-hydrogen) atoms. The molecule has 1 N–H and O–H groups in total. The van der Waals surface area contributed by atoms with Crippen molar-refractivity contribution in [1.29, 1.82) is 0 Å². The maximum Gasteiger partial charge on any atom is 0.224 e. The number of hydrogen-bond acceptors (Lipinski definition) is 2. The van der Waals surface area contributed by atoms with Crippen LogP contribution in [0, 0.1) is 5.82 Å². The quantitative estimate of drug-likeness (QED) is 0.863. The molecule has 1 aromatic carbocycles. The summed E-state index contributed by atoms with van der Waals surface area (Å²) in [6, 6.07) is 6.07. The molecular weight excluding hydrogens is 259 g/mol. The molecule has 0 bridgehead atoms. The molecule has 0 aliphatic heterocycles. The van der Waals surface area contributed by atoms with E-state index in [9.17, 15) is 14.0 Å². The highest BCUT2D eigenvalue weighted by molar-refractivity contribution is 5.78. The van der Waals surface area contributed by atoms with Crippen LogP contribution in [0.25, 0.3) is 0 Å². The lowest BCUT2D eigenvalue weighted by atomic mass is 10.1. The summed E-state index contributed by atoms with van der Waals surface area (Å²) in [7, 11) is 0. The Hall–Kier alpha value is -1.91. The van der Waals surface area contributed by atoms with Gasteiger partial charge in [0.05, 0.1) is 6.42 Å². The highest BCUT2D eigenvalue weighted by Gasteiger charge is 2.12. The van der Waals surface area contributed by atoms with E-state index in [2.05, 4.69) is 5.32 Å². The summed E-state index contributed by atoms with van der Waals surface area (Å²) in [6.45, 7) is 6.23.